The van der Waals surface area contributed by atoms with Gasteiger partial charge in [0.1, 0.15) is 5.65 Å². The smallest absolute Gasteiger partial charge is 0.317 e. The Kier molecular flexibility index (Phi) is 5.16. The molecule has 1 saturated heterocycles. The molecule has 0 atom stereocenters. The van der Waals surface area contributed by atoms with Crippen LogP contribution in [0.15, 0.2) is 24.5 Å². The van der Waals surface area contributed by atoms with Crippen molar-refractivity contribution in [3.8, 4) is 0 Å². The van der Waals surface area contributed by atoms with Crippen molar-refractivity contribution in [1.29, 1.82) is 0 Å². The highest BCUT2D eigenvalue weighted by Crippen LogP contribution is 2.18. The Labute approximate surface area is 142 Å². The highest BCUT2D eigenvalue weighted by molar-refractivity contribution is 5.69. The number of carbonyl (C=O) groups is 1. The van der Waals surface area contributed by atoms with E-state index < -0.39 is 5.97 Å². The van der Waals surface area contributed by atoms with Gasteiger partial charge in [-0.05, 0) is 37.9 Å². The largest absolute Gasteiger partial charge is 0.480 e. The van der Waals surface area contributed by atoms with E-state index in [1.807, 2.05) is 6.92 Å². The first-order valence-corrected chi connectivity index (χ1v) is 8.67. The molecule has 0 spiro atoms. The number of nitrogens with zero attached hydrogens (tertiary/aromatic N) is 4. The van der Waals surface area contributed by atoms with Gasteiger partial charge >= 0.3 is 5.97 Å². The third kappa shape index (κ3) is 3.94. The molecule has 0 unspecified atom stereocenters. The Morgan fingerprint density at radius 2 is 2.08 bits per heavy atom. The average Bonchev–Trinajstić information content (AvgIpc) is 2.94. The molecule has 6 heteroatoms. The van der Waals surface area contributed by atoms with Gasteiger partial charge in [0.2, 0.25) is 0 Å². The summed E-state index contributed by atoms with van der Waals surface area (Å²) < 4.78 is 2.09. The predicted molar refractivity (Wildman–Crippen MR) is 93.1 cm³/mol. The van der Waals surface area contributed by atoms with E-state index >= 15 is 0 Å². The molecule has 0 bridgehead atoms. The fourth-order valence-electron chi connectivity index (χ4n) is 3.58. The topological polar surface area (TPSA) is 61.1 Å². The van der Waals surface area contributed by atoms with Crippen molar-refractivity contribution in [2.24, 2.45) is 0 Å². The standard InChI is InChI=1S/C18H26N4O2/c1-3-21(13-18(23)24)16-6-8-20(9-7-16)11-15-12-22-10-14(2)4-5-17(22)19-15/h4-5,10,12,16H,3,6-9,11,13H2,1-2H3,(H,23,24). The number of piperidine rings is 1. The van der Waals surface area contributed by atoms with Gasteiger partial charge in [0.25, 0.3) is 0 Å². The lowest BCUT2D eigenvalue weighted by Gasteiger charge is -2.37. The Morgan fingerprint density at radius 3 is 2.75 bits per heavy atom. The number of hydrogen-bond acceptors (Lipinski definition) is 4. The quantitative estimate of drug-likeness (QED) is 0.878. The van der Waals surface area contributed by atoms with Crippen LogP contribution >= 0.6 is 0 Å². The Balaban J connectivity index is 1.57. The molecule has 0 amide bonds. The van der Waals surface area contributed by atoms with E-state index in [4.69, 9.17) is 10.1 Å². The van der Waals surface area contributed by atoms with Gasteiger partial charge in [-0.2, -0.15) is 0 Å². The van der Waals surface area contributed by atoms with E-state index in [1.165, 1.54) is 5.56 Å². The minimum atomic E-state index is -0.737. The first-order valence-electron chi connectivity index (χ1n) is 8.67. The normalized spacial score (nSPS) is 17.0. The molecule has 0 radical (unpaired) electrons. The summed E-state index contributed by atoms with van der Waals surface area (Å²) in [6, 6.07) is 4.52. The van der Waals surface area contributed by atoms with Crippen LogP contribution in [-0.4, -0.2) is 62.5 Å². The van der Waals surface area contributed by atoms with Crippen molar-refractivity contribution in [3.63, 3.8) is 0 Å². The number of aryl methyl sites for hydroxylation is 1. The van der Waals surface area contributed by atoms with Crippen molar-refractivity contribution < 1.29 is 9.90 Å². The summed E-state index contributed by atoms with van der Waals surface area (Å²) in [6.45, 7) is 7.91. The fourth-order valence-corrected chi connectivity index (χ4v) is 3.58. The molecule has 3 heterocycles. The number of rotatable bonds is 6. The van der Waals surface area contributed by atoms with Crippen molar-refractivity contribution >= 4 is 11.6 Å². The minimum Gasteiger partial charge on any atom is -0.480 e. The number of fused-ring (bicyclic) bond motifs is 1. The third-order valence-corrected chi connectivity index (χ3v) is 4.85. The molecule has 130 valence electrons. The summed E-state index contributed by atoms with van der Waals surface area (Å²) in [4.78, 5) is 20.1. The molecule has 0 aliphatic carbocycles. The molecule has 2 aromatic rings. The van der Waals surface area contributed by atoms with Gasteiger partial charge in [-0.25, -0.2) is 4.98 Å². The molecule has 6 nitrogen and oxygen atoms in total. The molecular weight excluding hydrogens is 304 g/mol. The summed E-state index contributed by atoms with van der Waals surface area (Å²) in [6.07, 6.45) is 6.25. The number of aromatic nitrogens is 2. The lowest BCUT2D eigenvalue weighted by atomic mass is 10.0. The Bertz CT molecular complexity index is 704. The fraction of sp³-hybridized carbons (Fsp3) is 0.556. The molecule has 1 aliphatic rings. The van der Waals surface area contributed by atoms with Gasteiger partial charge < -0.3 is 9.51 Å². The van der Waals surface area contributed by atoms with Gasteiger partial charge in [-0.15, -0.1) is 0 Å². The highest BCUT2D eigenvalue weighted by atomic mass is 16.4. The predicted octanol–water partition coefficient (Wildman–Crippen LogP) is 2.01. The number of pyridine rings is 1. The third-order valence-electron chi connectivity index (χ3n) is 4.85. The van der Waals surface area contributed by atoms with E-state index in [0.29, 0.717) is 6.04 Å². The molecule has 3 rings (SSSR count). The minimum absolute atomic E-state index is 0.146. The first-order chi connectivity index (χ1) is 11.5. The van der Waals surface area contributed by atoms with Crippen molar-refractivity contribution in [3.05, 3.63) is 35.8 Å². The summed E-state index contributed by atoms with van der Waals surface area (Å²) in [5, 5.41) is 9.02. The van der Waals surface area contributed by atoms with E-state index in [9.17, 15) is 4.79 Å². The molecule has 1 N–H and O–H groups in total. The van der Waals surface area contributed by atoms with Crippen molar-refractivity contribution in [2.45, 2.75) is 39.3 Å². The van der Waals surface area contributed by atoms with Crippen LogP contribution in [0.4, 0.5) is 0 Å². The average molecular weight is 330 g/mol. The van der Waals surface area contributed by atoms with Gasteiger partial charge in [-0.3, -0.25) is 14.6 Å². The lowest BCUT2D eigenvalue weighted by Crippen LogP contribution is -2.46. The van der Waals surface area contributed by atoms with Crippen LogP contribution < -0.4 is 0 Å². The summed E-state index contributed by atoms with van der Waals surface area (Å²) >= 11 is 0. The summed E-state index contributed by atoms with van der Waals surface area (Å²) in [7, 11) is 0. The van der Waals surface area contributed by atoms with Crippen LogP contribution in [0, 0.1) is 6.92 Å². The molecule has 1 fully saturated rings. The van der Waals surface area contributed by atoms with Gasteiger partial charge in [0.15, 0.2) is 0 Å². The van der Waals surface area contributed by atoms with Gasteiger partial charge in [-0.1, -0.05) is 13.0 Å². The van der Waals surface area contributed by atoms with E-state index in [-0.39, 0.29) is 6.54 Å². The number of carboxylic acid groups (broad SMARTS) is 1. The van der Waals surface area contributed by atoms with E-state index in [0.717, 1.165) is 50.4 Å². The zero-order chi connectivity index (χ0) is 17.1. The van der Waals surface area contributed by atoms with Crippen LogP contribution in [0.1, 0.15) is 31.0 Å². The zero-order valence-corrected chi connectivity index (χ0v) is 14.5. The maximum absolute atomic E-state index is 11.0. The molecule has 0 aromatic carbocycles. The Morgan fingerprint density at radius 1 is 1.33 bits per heavy atom. The second-order valence-corrected chi connectivity index (χ2v) is 6.67. The van der Waals surface area contributed by atoms with Crippen LogP contribution in [0.25, 0.3) is 5.65 Å². The number of likely N-dealkylation sites (N-methyl/N-ethyl adjacent to an activating group) is 1. The second-order valence-electron chi connectivity index (χ2n) is 6.67. The maximum Gasteiger partial charge on any atom is 0.317 e. The SMILES string of the molecule is CCN(CC(=O)O)C1CCN(Cc2cn3cc(C)ccc3n2)CC1. The maximum atomic E-state index is 11.0. The molecule has 1 aliphatic heterocycles. The van der Waals surface area contributed by atoms with Gasteiger partial charge in [0, 0.05) is 38.1 Å². The lowest BCUT2D eigenvalue weighted by molar-refractivity contribution is -0.139. The second kappa shape index (κ2) is 7.32. The van der Waals surface area contributed by atoms with E-state index in [1.54, 1.807) is 0 Å². The number of aliphatic carboxylic acids is 1. The highest BCUT2D eigenvalue weighted by Gasteiger charge is 2.25. The number of likely N-dealkylation sites (tertiary alicyclic amines) is 1. The van der Waals surface area contributed by atoms with Crippen molar-refractivity contribution in [2.75, 3.05) is 26.2 Å². The Hall–Kier alpha value is -1.92. The molecule has 2 aromatic heterocycles. The summed E-state index contributed by atoms with van der Waals surface area (Å²) in [5.74, 6) is -0.737. The number of carboxylic acids is 1. The van der Waals surface area contributed by atoms with Gasteiger partial charge in [0.05, 0.1) is 12.2 Å². The number of imidazole rings is 1. The van der Waals surface area contributed by atoms with E-state index in [2.05, 4.69) is 45.7 Å². The van der Waals surface area contributed by atoms with Crippen LogP contribution in [0.3, 0.4) is 0 Å². The zero-order valence-electron chi connectivity index (χ0n) is 14.5. The van der Waals surface area contributed by atoms with Crippen LogP contribution in [0.2, 0.25) is 0 Å². The van der Waals surface area contributed by atoms with Crippen LogP contribution in [-0.2, 0) is 11.3 Å². The number of hydrogen-bond donors (Lipinski definition) is 1. The molecule has 0 saturated carbocycles. The van der Waals surface area contributed by atoms with Crippen molar-refractivity contribution in [1.82, 2.24) is 19.2 Å². The summed E-state index contributed by atoms with van der Waals surface area (Å²) in [5.41, 5.74) is 3.31. The molecule has 24 heavy (non-hydrogen) atoms. The first kappa shape index (κ1) is 16.9. The molecular formula is C18H26N4O2. The monoisotopic (exact) mass is 330 g/mol. The van der Waals surface area contributed by atoms with Crippen LogP contribution in [0.5, 0.6) is 0 Å².